The predicted octanol–water partition coefficient (Wildman–Crippen LogP) is 4.33. The quantitative estimate of drug-likeness (QED) is 0.0979. The van der Waals surface area contributed by atoms with Crippen LogP contribution in [0.15, 0.2) is 40.6 Å². The van der Waals surface area contributed by atoms with E-state index in [1.165, 1.54) is 13.8 Å². The normalized spacial score (nSPS) is 37.4. The van der Waals surface area contributed by atoms with E-state index in [4.69, 9.17) is 43.4 Å². The van der Waals surface area contributed by atoms with Crippen molar-refractivity contribution in [1.82, 2.24) is 0 Å². The Morgan fingerprint density at radius 3 is 1.92 bits per heavy atom. The van der Waals surface area contributed by atoms with Gasteiger partial charge in [0.15, 0.2) is 25.0 Å². The Hall–Kier alpha value is -3.99. The summed E-state index contributed by atoms with van der Waals surface area (Å²) in [7, 11) is 0. The van der Waals surface area contributed by atoms with Crippen molar-refractivity contribution < 1.29 is 57.4 Å². The minimum Gasteiger partial charge on any atom is -0.463 e. The van der Waals surface area contributed by atoms with Crippen molar-refractivity contribution >= 4 is 17.9 Å². The lowest BCUT2D eigenvalue weighted by Gasteiger charge is -2.49. The Bertz CT molecular complexity index is 1480. The number of aliphatic hydroxyl groups is 1. The lowest BCUT2D eigenvalue weighted by atomic mass is 9.81. The van der Waals surface area contributed by atoms with Gasteiger partial charge in [-0.25, -0.2) is 4.79 Å². The molecule has 0 spiro atoms. The smallest absolute Gasteiger partial charge is 0.338 e. The molecule has 0 amide bonds. The van der Waals surface area contributed by atoms with Gasteiger partial charge < -0.3 is 43.0 Å². The second-order valence-corrected chi connectivity index (χ2v) is 13.6. The maximum absolute atomic E-state index is 13.9. The van der Waals surface area contributed by atoms with Gasteiger partial charge in [0.05, 0.1) is 24.3 Å². The number of rotatable bonds is 13. The number of benzene rings is 1. The first-order valence-electron chi connectivity index (χ1n) is 17.3. The lowest BCUT2D eigenvalue weighted by molar-refractivity contribution is -0.338. The molecule has 6 unspecified atom stereocenters. The van der Waals surface area contributed by atoms with Crippen LogP contribution in [0.3, 0.4) is 0 Å². The Morgan fingerprint density at radius 2 is 1.31 bits per heavy atom. The molecule has 4 rings (SSSR count). The minimum absolute atomic E-state index is 0.0586. The molecule has 3 heterocycles. The first-order valence-corrected chi connectivity index (χ1v) is 17.3. The molecular formula is C34H48N6O12. The van der Waals surface area contributed by atoms with E-state index in [0.29, 0.717) is 0 Å². The molecule has 1 aromatic carbocycles. The van der Waals surface area contributed by atoms with Crippen molar-refractivity contribution in [3.05, 3.63) is 56.8 Å². The molecule has 3 aliphatic rings. The van der Waals surface area contributed by atoms with Crippen LogP contribution in [0.4, 0.5) is 0 Å². The third-order valence-electron chi connectivity index (χ3n) is 10.2. The predicted molar refractivity (Wildman–Crippen MR) is 179 cm³/mol. The third kappa shape index (κ3) is 9.90. The molecule has 15 atom stereocenters. The highest BCUT2D eigenvalue weighted by Gasteiger charge is 2.53. The highest BCUT2D eigenvalue weighted by Crippen LogP contribution is 2.41. The molecule has 3 fully saturated rings. The number of hydrogen-bond acceptors (Lipinski definition) is 14. The maximum Gasteiger partial charge on any atom is 0.338 e. The van der Waals surface area contributed by atoms with E-state index in [2.05, 4.69) is 20.1 Å². The van der Waals surface area contributed by atoms with E-state index < -0.39 is 97.1 Å². The van der Waals surface area contributed by atoms with Crippen LogP contribution < -0.4 is 0 Å². The zero-order valence-electron chi connectivity index (χ0n) is 30.3. The van der Waals surface area contributed by atoms with E-state index in [1.807, 2.05) is 45.9 Å². The number of hydrogen-bond donors (Lipinski definition) is 1. The summed E-state index contributed by atoms with van der Waals surface area (Å²) in [6, 6.07) is 7.20. The lowest BCUT2D eigenvalue weighted by Crippen LogP contribution is -2.61. The summed E-state index contributed by atoms with van der Waals surface area (Å²) in [5, 5.41) is 18.3. The van der Waals surface area contributed by atoms with Gasteiger partial charge in [-0.05, 0) is 40.3 Å². The maximum atomic E-state index is 13.9. The fourth-order valence-corrected chi connectivity index (χ4v) is 6.72. The van der Waals surface area contributed by atoms with Gasteiger partial charge in [-0.2, -0.15) is 0 Å². The van der Waals surface area contributed by atoms with Crippen LogP contribution in [0, 0.1) is 29.6 Å². The second-order valence-electron chi connectivity index (χ2n) is 13.6. The van der Waals surface area contributed by atoms with Gasteiger partial charge in [-0.3, -0.25) is 9.59 Å². The first kappa shape index (κ1) is 40.8. The Morgan fingerprint density at radius 1 is 0.712 bits per heavy atom. The summed E-state index contributed by atoms with van der Waals surface area (Å²) in [6.07, 6.45) is -8.67. The van der Waals surface area contributed by atoms with Crippen LogP contribution in [-0.4, -0.2) is 97.7 Å². The molecule has 0 bridgehead atoms. The summed E-state index contributed by atoms with van der Waals surface area (Å²) in [5.74, 6) is -3.91. The van der Waals surface area contributed by atoms with Gasteiger partial charge >= 0.3 is 17.9 Å². The minimum atomic E-state index is -1.50. The summed E-state index contributed by atoms with van der Waals surface area (Å²) in [4.78, 5) is 43.1. The molecule has 0 radical (unpaired) electrons. The summed E-state index contributed by atoms with van der Waals surface area (Å²) in [6.45, 7) is 11.2. The van der Waals surface area contributed by atoms with E-state index in [9.17, 15) is 25.0 Å². The zero-order chi connectivity index (χ0) is 38.1. The van der Waals surface area contributed by atoms with Crippen LogP contribution in [0.1, 0.15) is 54.0 Å². The number of aliphatic hydroxyl groups excluding tert-OH is 1. The van der Waals surface area contributed by atoms with Crippen LogP contribution in [0.5, 0.6) is 0 Å². The monoisotopic (exact) mass is 732 g/mol. The number of carbonyl (C=O) groups is 3. The van der Waals surface area contributed by atoms with Gasteiger partial charge in [0.1, 0.15) is 32.0 Å². The Balaban J connectivity index is 1.65. The fraction of sp³-hybridized carbons (Fsp3) is 0.735. The number of nitrogens with zero attached hydrogens (tertiary/aromatic N) is 6. The first-order chi connectivity index (χ1) is 24.8. The molecule has 3 saturated heterocycles. The van der Waals surface area contributed by atoms with Crippen molar-refractivity contribution in [2.45, 2.75) is 117 Å². The summed E-state index contributed by atoms with van der Waals surface area (Å²) in [5.41, 5.74) is 19.3. The molecule has 0 aromatic heterocycles. The van der Waals surface area contributed by atoms with Crippen molar-refractivity contribution in [1.29, 1.82) is 0 Å². The van der Waals surface area contributed by atoms with Crippen LogP contribution in [0.2, 0.25) is 0 Å². The Kier molecular flexibility index (Phi) is 14.6. The van der Waals surface area contributed by atoms with Crippen molar-refractivity contribution in [2.75, 3.05) is 13.2 Å². The zero-order valence-corrected chi connectivity index (χ0v) is 30.3. The van der Waals surface area contributed by atoms with Gasteiger partial charge in [-0.1, -0.05) is 75.2 Å². The fourth-order valence-electron chi connectivity index (χ4n) is 6.72. The van der Waals surface area contributed by atoms with Gasteiger partial charge in [0, 0.05) is 29.6 Å². The van der Waals surface area contributed by atoms with Crippen molar-refractivity contribution in [2.24, 2.45) is 39.8 Å². The van der Waals surface area contributed by atoms with E-state index >= 15 is 0 Å². The largest absolute Gasteiger partial charge is 0.463 e. The molecule has 18 nitrogen and oxygen atoms in total. The summed E-state index contributed by atoms with van der Waals surface area (Å²) < 4.78 is 47.6. The Labute approximate surface area is 301 Å². The van der Waals surface area contributed by atoms with E-state index in [0.717, 1.165) is 5.56 Å². The molecule has 286 valence electrons. The average Bonchev–Trinajstić information content (AvgIpc) is 3.11. The standard InChI is InChI=1S/C34H48N6O12/c1-16-17(2)27(38-40-36)34(49-24(16)14-45-21(6)41)51-29-18(3)19(4)33(52-30(29)32(44)47-13-23-11-9-8-10-12-23)50-28-20(5)26(37-39-35)31(43)48-25(28)15-46-22(7)42/h8-12,16-20,24-31,33-34,43H,13-15H2,1-7H3/t16-,17-,18+,19-,20+,24?,25?,26-,27-,28-,29-,30?,31?,33?,34?/m0/s1. The molecule has 52 heavy (non-hydrogen) atoms. The van der Waals surface area contributed by atoms with Gasteiger partial charge in [0.25, 0.3) is 0 Å². The molecule has 1 aromatic rings. The molecule has 1 N–H and O–H groups in total. The SMILES string of the molecule is CC(=O)OCC1OC(O[C@@H]2C(C(=O)OCc3ccccc3)OC(O[C@@H]3C(COC(C)=O)OC(O)[C@@H](N=[N+]=[N-])[C@H]3C)[C@@H](C)[C@H]2C)[C@@H](N=[N+]=[N-])[C@@H](C)[C@@H]1C. The van der Waals surface area contributed by atoms with Gasteiger partial charge in [0.2, 0.25) is 0 Å². The molecule has 0 saturated carbocycles. The number of azide groups is 2. The molecule has 0 aliphatic carbocycles. The molecular weight excluding hydrogens is 684 g/mol. The highest BCUT2D eigenvalue weighted by molar-refractivity contribution is 5.75. The molecule has 18 heteroatoms. The topological polar surface area (TPSA) is 243 Å². The number of esters is 3. The van der Waals surface area contributed by atoms with Crippen LogP contribution in [-0.2, 0) is 58.9 Å². The second kappa shape index (κ2) is 18.7. The molecule has 3 aliphatic heterocycles. The number of ether oxygens (including phenoxy) is 8. The van der Waals surface area contributed by atoms with E-state index in [1.54, 1.807) is 19.1 Å². The summed E-state index contributed by atoms with van der Waals surface area (Å²) >= 11 is 0. The van der Waals surface area contributed by atoms with Crippen molar-refractivity contribution in [3.63, 3.8) is 0 Å². The van der Waals surface area contributed by atoms with Crippen molar-refractivity contribution in [3.8, 4) is 0 Å². The highest BCUT2D eigenvalue weighted by atomic mass is 16.7. The third-order valence-corrected chi connectivity index (χ3v) is 10.2. The van der Waals surface area contributed by atoms with E-state index in [-0.39, 0.29) is 31.7 Å². The number of carbonyl (C=O) groups excluding carboxylic acids is 3. The van der Waals surface area contributed by atoms with Crippen LogP contribution in [0.25, 0.3) is 20.9 Å². The van der Waals surface area contributed by atoms with Gasteiger partial charge in [-0.15, -0.1) is 0 Å². The average molecular weight is 733 g/mol. The van der Waals surface area contributed by atoms with Crippen LogP contribution >= 0.6 is 0 Å².